The smallest absolute Gasteiger partial charge is 0.0950 e. The predicted octanol–water partition coefficient (Wildman–Crippen LogP) is 3.90. The normalized spacial score (nSPS) is 19.8. The van der Waals surface area contributed by atoms with Crippen molar-refractivity contribution in [3.63, 3.8) is 0 Å². The molecule has 1 saturated carbocycles. The van der Waals surface area contributed by atoms with Crippen LogP contribution in [-0.2, 0) is 0 Å². The van der Waals surface area contributed by atoms with Gasteiger partial charge in [0.15, 0.2) is 0 Å². The highest BCUT2D eigenvalue weighted by Gasteiger charge is 2.20. The first kappa shape index (κ1) is 11.7. The molecule has 0 bridgehead atoms. The van der Waals surface area contributed by atoms with Gasteiger partial charge in [0.2, 0.25) is 0 Å². The maximum atomic E-state index is 5.19. The van der Waals surface area contributed by atoms with E-state index in [1.54, 1.807) is 6.26 Å². The fraction of sp³-hybridized carbons (Fsp3) is 0.714. The van der Waals surface area contributed by atoms with Crippen LogP contribution >= 0.6 is 0 Å². The van der Waals surface area contributed by atoms with E-state index in [0.29, 0.717) is 6.04 Å². The third kappa shape index (κ3) is 3.11. The third-order valence-electron chi connectivity index (χ3n) is 3.69. The van der Waals surface area contributed by atoms with Crippen molar-refractivity contribution in [3.05, 3.63) is 24.2 Å². The van der Waals surface area contributed by atoms with Crippen molar-refractivity contribution >= 4 is 0 Å². The summed E-state index contributed by atoms with van der Waals surface area (Å²) in [6, 6.07) is 2.59. The maximum Gasteiger partial charge on any atom is 0.0950 e. The van der Waals surface area contributed by atoms with Crippen LogP contribution in [0.5, 0.6) is 0 Å². The van der Waals surface area contributed by atoms with Gasteiger partial charge >= 0.3 is 0 Å². The average molecular weight is 221 g/mol. The van der Waals surface area contributed by atoms with Gasteiger partial charge in [0, 0.05) is 11.6 Å². The van der Waals surface area contributed by atoms with Crippen LogP contribution in [0, 0.1) is 5.92 Å². The minimum absolute atomic E-state index is 0.492. The Morgan fingerprint density at radius 3 is 2.81 bits per heavy atom. The van der Waals surface area contributed by atoms with E-state index in [-0.39, 0.29) is 0 Å². The van der Waals surface area contributed by atoms with Crippen molar-refractivity contribution in [2.45, 2.75) is 51.5 Å². The highest BCUT2D eigenvalue weighted by Crippen LogP contribution is 2.31. The molecule has 1 atom stereocenters. The van der Waals surface area contributed by atoms with Crippen molar-refractivity contribution < 1.29 is 4.42 Å². The van der Waals surface area contributed by atoms with Gasteiger partial charge in [-0.25, -0.2) is 0 Å². The highest BCUT2D eigenvalue weighted by molar-refractivity contribution is 5.11. The lowest BCUT2D eigenvalue weighted by atomic mass is 9.83. The Morgan fingerprint density at radius 1 is 1.38 bits per heavy atom. The van der Waals surface area contributed by atoms with E-state index in [1.807, 2.05) is 6.26 Å². The molecular weight excluding hydrogens is 198 g/mol. The predicted molar refractivity (Wildman–Crippen MR) is 66.3 cm³/mol. The number of hydrogen-bond acceptors (Lipinski definition) is 2. The SMILES string of the molecule is CCNC(CC1CCCCC1)c1ccoc1. The molecule has 0 aromatic carbocycles. The van der Waals surface area contributed by atoms with E-state index in [2.05, 4.69) is 18.3 Å². The van der Waals surface area contributed by atoms with Gasteiger partial charge < -0.3 is 9.73 Å². The number of rotatable bonds is 5. The maximum absolute atomic E-state index is 5.19. The fourth-order valence-electron chi connectivity index (χ4n) is 2.81. The van der Waals surface area contributed by atoms with Crippen LogP contribution in [0.3, 0.4) is 0 Å². The Bertz CT molecular complexity index is 275. The van der Waals surface area contributed by atoms with Gasteiger partial charge in [-0.15, -0.1) is 0 Å². The summed E-state index contributed by atoms with van der Waals surface area (Å²) in [5.74, 6) is 0.910. The van der Waals surface area contributed by atoms with Crippen molar-refractivity contribution in [2.24, 2.45) is 5.92 Å². The highest BCUT2D eigenvalue weighted by atomic mass is 16.3. The molecule has 2 nitrogen and oxygen atoms in total. The van der Waals surface area contributed by atoms with Gasteiger partial charge in [-0.2, -0.15) is 0 Å². The fourth-order valence-corrected chi connectivity index (χ4v) is 2.81. The third-order valence-corrected chi connectivity index (χ3v) is 3.69. The number of hydrogen-bond donors (Lipinski definition) is 1. The standard InChI is InChI=1S/C14H23NO/c1-2-15-14(13-8-9-16-11-13)10-12-6-4-3-5-7-12/h8-9,11-12,14-15H,2-7,10H2,1H3. The van der Waals surface area contributed by atoms with Crippen LogP contribution in [0.4, 0.5) is 0 Å². The van der Waals surface area contributed by atoms with Crippen molar-refractivity contribution in [1.82, 2.24) is 5.32 Å². The van der Waals surface area contributed by atoms with Crippen LogP contribution in [-0.4, -0.2) is 6.54 Å². The Balaban J connectivity index is 1.91. The van der Waals surface area contributed by atoms with Crippen molar-refractivity contribution in [1.29, 1.82) is 0 Å². The first-order valence-corrected chi connectivity index (χ1v) is 6.65. The second-order valence-electron chi connectivity index (χ2n) is 4.91. The van der Waals surface area contributed by atoms with Crippen LogP contribution in [0.25, 0.3) is 0 Å². The van der Waals surface area contributed by atoms with Gasteiger partial charge in [-0.05, 0) is 24.9 Å². The zero-order valence-electron chi connectivity index (χ0n) is 10.2. The molecule has 2 heteroatoms. The van der Waals surface area contributed by atoms with E-state index in [0.717, 1.165) is 12.5 Å². The molecule has 1 aliphatic rings. The largest absolute Gasteiger partial charge is 0.472 e. The van der Waals surface area contributed by atoms with E-state index < -0.39 is 0 Å². The molecule has 0 aliphatic heterocycles. The first-order chi connectivity index (χ1) is 7.90. The van der Waals surface area contributed by atoms with Crippen LogP contribution in [0.15, 0.2) is 23.0 Å². The molecule has 1 aromatic rings. The Morgan fingerprint density at radius 2 is 2.19 bits per heavy atom. The first-order valence-electron chi connectivity index (χ1n) is 6.65. The summed E-state index contributed by atoms with van der Waals surface area (Å²) >= 11 is 0. The van der Waals surface area contributed by atoms with E-state index >= 15 is 0 Å². The molecular formula is C14H23NO. The summed E-state index contributed by atoms with van der Waals surface area (Å²) in [5, 5.41) is 3.57. The van der Waals surface area contributed by atoms with E-state index in [4.69, 9.17) is 4.42 Å². The Kier molecular flexibility index (Phi) is 4.46. The second kappa shape index (κ2) is 6.09. The molecule has 0 radical (unpaired) electrons. The molecule has 1 unspecified atom stereocenters. The molecule has 16 heavy (non-hydrogen) atoms. The van der Waals surface area contributed by atoms with Gasteiger partial charge in [-0.1, -0.05) is 39.0 Å². The lowest BCUT2D eigenvalue weighted by Crippen LogP contribution is -2.24. The van der Waals surface area contributed by atoms with E-state index in [9.17, 15) is 0 Å². The molecule has 1 fully saturated rings. The molecule has 1 N–H and O–H groups in total. The molecule has 1 aromatic heterocycles. The monoisotopic (exact) mass is 221 g/mol. The zero-order chi connectivity index (χ0) is 11.2. The summed E-state index contributed by atoms with van der Waals surface area (Å²) in [7, 11) is 0. The lowest BCUT2D eigenvalue weighted by Gasteiger charge is -2.26. The van der Waals surface area contributed by atoms with Crippen molar-refractivity contribution in [3.8, 4) is 0 Å². The van der Waals surface area contributed by atoms with Crippen molar-refractivity contribution in [2.75, 3.05) is 6.54 Å². The minimum atomic E-state index is 0.492. The van der Waals surface area contributed by atoms with Crippen LogP contribution in [0.2, 0.25) is 0 Å². The molecule has 1 heterocycles. The van der Waals surface area contributed by atoms with E-state index in [1.165, 1.54) is 44.1 Å². The molecule has 0 amide bonds. The van der Waals surface area contributed by atoms with Gasteiger partial charge in [-0.3, -0.25) is 0 Å². The van der Waals surface area contributed by atoms with Gasteiger partial charge in [0.05, 0.1) is 12.5 Å². The molecule has 1 aliphatic carbocycles. The van der Waals surface area contributed by atoms with Gasteiger partial charge in [0.25, 0.3) is 0 Å². The number of nitrogens with one attached hydrogen (secondary N) is 1. The molecule has 0 spiro atoms. The lowest BCUT2D eigenvalue weighted by molar-refractivity contribution is 0.301. The topological polar surface area (TPSA) is 25.2 Å². The summed E-state index contributed by atoms with van der Waals surface area (Å²) in [4.78, 5) is 0. The quantitative estimate of drug-likeness (QED) is 0.815. The number of furan rings is 1. The summed E-state index contributed by atoms with van der Waals surface area (Å²) in [5.41, 5.74) is 1.31. The second-order valence-corrected chi connectivity index (χ2v) is 4.91. The zero-order valence-corrected chi connectivity index (χ0v) is 10.2. The molecule has 0 saturated heterocycles. The summed E-state index contributed by atoms with van der Waals surface area (Å²) in [6.45, 7) is 3.20. The molecule has 90 valence electrons. The molecule has 2 rings (SSSR count). The minimum Gasteiger partial charge on any atom is -0.472 e. The van der Waals surface area contributed by atoms with Crippen LogP contribution < -0.4 is 5.32 Å². The Labute approximate surface area is 98.4 Å². The summed E-state index contributed by atoms with van der Waals surface area (Å²) < 4.78 is 5.19. The van der Waals surface area contributed by atoms with Gasteiger partial charge in [0.1, 0.15) is 0 Å². The summed E-state index contributed by atoms with van der Waals surface area (Å²) in [6.07, 6.45) is 12.1. The Hall–Kier alpha value is -0.760. The average Bonchev–Trinajstić information content (AvgIpc) is 2.83. The van der Waals surface area contributed by atoms with Crippen LogP contribution in [0.1, 0.15) is 57.1 Å².